The number of aryl methyl sites for hydroxylation is 2. The molecular weight excluding hydrogens is 332 g/mol. The molecule has 5 nitrogen and oxygen atoms in total. The lowest BCUT2D eigenvalue weighted by atomic mass is 10.1. The highest BCUT2D eigenvalue weighted by atomic mass is 79.9. The zero-order valence-corrected chi connectivity index (χ0v) is 13.2. The molecule has 0 radical (unpaired) electrons. The second-order valence-electron chi connectivity index (χ2n) is 4.84. The van der Waals surface area contributed by atoms with Gasteiger partial charge in [0.15, 0.2) is 0 Å². The average molecular weight is 345 g/mol. The summed E-state index contributed by atoms with van der Waals surface area (Å²) in [6.07, 6.45) is 1.79. The van der Waals surface area contributed by atoms with Crippen LogP contribution in [0.1, 0.15) is 11.1 Å². The van der Waals surface area contributed by atoms with Gasteiger partial charge in [0, 0.05) is 21.9 Å². The van der Waals surface area contributed by atoms with Crippen LogP contribution >= 0.6 is 15.9 Å². The van der Waals surface area contributed by atoms with E-state index in [2.05, 4.69) is 31.1 Å². The minimum Gasteiger partial charge on any atom is -0.398 e. The Hall–Kier alpha value is -2.21. The number of rotatable bonds is 2. The van der Waals surface area contributed by atoms with Gasteiger partial charge in [-0.15, -0.1) is 0 Å². The number of benzene rings is 1. The molecule has 0 aliphatic carbocycles. The summed E-state index contributed by atoms with van der Waals surface area (Å²) in [5.41, 5.74) is 10.1. The van der Waals surface area contributed by atoms with E-state index < -0.39 is 0 Å². The molecule has 2 aromatic heterocycles. The van der Waals surface area contributed by atoms with Crippen LogP contribution in [0, 0.1) is 13.8 Å². The Labute approximate surface area is 130 Å². The van der Waals surface area contributed by atoms with E-state index >= 15 is 0 Å². The molecule has 0 saturated carbocycles. The van der Waals surface area contributed by atoms with Crippen molar-refractivity contribution in [2.24, 2.45) is 0 Å². The van der Waals surface area contributed by atoms with Crippen LogP contribution in [-0.2, 0) is 0 Å². The number of aromatic nitrogens is 3. The molecule has 0 unspecified atom stereocenters. The molecule has 2 heterocycles. The standard InChI is InChI=1S/C15H13BrN4O/c1-8-5-9(2)13(18-7-8)14-19-15(21-20-14)10-3-4-12(17)11(16)6-10/h3-7H,17H2,1-2H3. The molecule has 0 fully saturated rings. The third kappa shape index (κ3) is 2.67. The summed E-state index contributed by atoms with van der Waals surface area (Å²) in [5.74, 6) is 0.919. The van der Waals surface area contributed by atoms with E-state index in [4.69, 9.17) is 10.3 Å². The summed E-state index contributed by atoms with van der Waals surface area (Å²) in [5, 5.41) is 4.01. The Morgan fingerprint density at radius 3 is 2.71 bits per heavy atom. The zero-order chi connectivity index (χ0) is 15.0. The largest absolute Gasteiger partial charge is 0.398 e. The maximum Gasteiger partial charge on any atom is 0.258 e. The van der Waals surface area contributed by atoms with Crippen LogP contribution in [0.4, 0.5) is 5.69 Å². The van der Waals surface area contributed by atoms with Crippen LogP contribution in [0.5, 0.6) is 0 Å². The van der Waals surface area contributed by atoms with Crippen molar-refractivity contribution in [2.45, 2.75) is 13.8 Å². The topological polar surface area (TPSA) is 77.8 Å². The van der Waals surface area contributed by atoms with Gasteiger partial charge in [-0.2, -0.15) is 4.98 Å². The van der Waals surface area contributed by atoms with Crippen molar-refractivity contribution >= 4 is 21.6 Å². The van der Waals surface area contributed by atoms with E-state index in [0.717, 1.165) is 26.9 Å². The van der Waals surface area contributed by atoms with Gasteiger partial charge in [-0.1, -0.05) is 11.2 Å². The predicted molar refractivity (Wildman–Crippen MR) is 84.6 cm³/mol. The van der Waals surface area contributed by atoms with E-state index in [0.29, 0.717) is 17.4 Å². The van der Waals surface area contributed by atoms with Gasteiger partial charge in [-0.3, -0.25) is 4.98 Å². The molecule has 0 amide bonds. The molecule has 0 bridgehead atoms. The fraction of sp³-hybridized carbons (Fsp3) is 0.133. The second kappa shape index (κ2) is 5.29. The van der Waals surface area contributed by atoms with Crippen molar-refractivity contribution < 1.29 is 4.52 Å². The molecule has 1 aromatic carbocycles. The highest BCUT2D eigenvalue weighted by molar-refractivity contribution is 9.10. The highest BCUT2D eigenvalue weighted by Crippen LogP contribution is 2.28. The number of halogens is 1. The molecule has 0 saturated heterocycles. The summed E-state index contributed by atoms with van der Waals surface area (Å²) in [6.45, 7) is 3.97. The Kier molecular flexibility index (Phi) is 3.47. The molecular formula is C15H13BrN4O. The van der Waals surface area contributed by atoms with Crippen LogP contribution in [0.3, 0.4) is 0 Å². The van der Waals surface area contributed by atoms with Crippen LogP contribution in [-0.4, -0.2) is 15.1 Å². The lowest BCUT2D eigenvalue weighted by Gasteiger charge is -2.00. The van der Waals surface area contributed by atoms with Crippen LogP contribution in [0.15, 0.2) is 39.5 Å². The molecule has 6 heteroatoms. The molecule has 3 rings (SSSR count). The van der Waals surface area contributed by atoms with Gasteiger partial charge >= 0.3 is 0 Å². The van der Waals surface area contributed by atoms with Crippen molar-refractivity contribution in [3.8, 4) is 23.0 Å². The zero-order valence-electron chi connectivity index (χ0n) is 11.6. The highest BCUT2D eigenvalue weighted by Gasteiger charge is 2.14. The van der Waals surface area contributed by atoms with Gasteiger partial charge < -0.3 is 10.3 Å². The first-order valence-corrected chi connectivity index (χ1v) is 7.16. The van der Waals surface area contributed by atoms with Crippen molar-refractivity contribution in [3.63, 3.8) is 0 Å². The molecule has 106 valence electrons. The number of pyridine rings is 1. The van der Waals surface area contributed by atoms with E-state index in [9.17, 15) is 0 Å². The average Bonchev–Trinajstić information content (AvgIpc) is 2.91. The fourth-order valence-corrected chi connectivity index (χ4v) is 2.43. The fourth-order valence-electron chi connectivity index (χ4n) is 2.05. The third-order valence-electron chi connectivity index (χ3n) is 3.10. The Balaban J connectivity index is 2.01. The van der Waals surface area contributed by atoms with E-state index in [1.807, 2.05) is 32.0 Å². The van der Waals surface area contributed by atoms with Gasteiger partial charge in [0.25, 0.3) is 5.89 Å². The first kappa shape index (κ1) is 13.8. The van der Waals surface area contributed by atoms with E-state index in [-0.39, 0.29) is 0 Å². The van der Waals surface area contributed by atoms with Crippen molar-refractivity contribution in [1.29, 1.82) is 0 Å². The van der Waals surface area contributed by atoms with Gasteiger partial charge in [0.1, 0.15) is 5.69 Å². The SMILES string of the molecule is Cc1cnc(-c2noc(-c3ccc(N)c(Br)c3)n2)c(C)c1. The lowest BCUT2D eigenvalue weighted by Crippen LogP contribution is -1.91. The quantitative estimate of drug-likeness (QED) is 0.716. The number of nitrogen functional groups attached to an aromatic ring is 1. The van der Waals surface area contributed by atoms with Crippen molar-refractivity contribution in [1.82, 2.24) is 15.1 Å². The van der Waals surface area contributed by atoms with Gasteiger partial charge in [-0.25, -0.2) is 0 Å². The summed E-state index contributed by atoms with van der Waals surface area (Å²) in [7, 11) is 0. The number of nitrogens with two attached hydrogens (primary N) is 1. The Morgan fingerprint density at radius 1 is 1.19 bits per heavy atom. The van der Waals surface area contributed by atoms with Crippen LogP contribution in [0.25, 0.3) is 23.0 Å². The molecule has 0 aliphatic heterocycles. The number of hydrogen-bond donors (Lipinski definition) is 1. The molecule has 2 N–H and O–H groups in total. The molecule has 0 spiro atoms. The molecule has 21 heavy (non-hydrogen) atoms. The number of nitrogens with zero attached hydrogens (tertiary/aromatic N) is 3. The van der Waals surface area contributed by atoms with Crippen LogP contribution in [0.2, 0.25) is 0 Å². The number of anilines is 1. The predicted octanol–water partition coefficient (Wildman–Crippen LogP) is 3.76. The smallest absolute Gasteiger partial charge is 0.258 e. The normalized spacial score (nSPS) is 10.8. The lowest BCUT2D eigenvalue weighted by molar-refractivity contribution is 0.432. The van der Waals surface area contributed by atoms with Crippen molar-refractivity contribution in [2.75, 3.05) is 5.73 Å². The molecule has 0 atom stereocenters. The monoisotopic (exact) mass is 344 g/mol. The minimum atomic E-state index is 0.437. The third-order valence-corrected chi connectivity index (χ3v) is 3.79. The summed E-state index contributed by atoms with van der Waals surface area (Å²) < 4.78 is 6.12. The van der Waals surface area contributed by atoms with E-state index in [1.165, 1.54) is 0 Å². The maximum atomic E-state index is 5.77. The first-order valence-electron chi connectivity index (χ1n) is 6.37. The van der Waals surface area contributed by atoms with Crippen molar-refractivity contribution in [3.05, 3.63) is 46.1 Å². The van der Waals surface area contributed by atoms with Crippen LogP contribution < -0.4 is 5.73 Å². The summed E-state index contributed by atoms with van der Waals surface area (Å²) >= 11 is 3.39. The molecule has 3 aromatic rings. The van der Waals surface area contributed by atoms with E-state index in [1.54, 1.807) is 12.3 Å². The van der Waals surface area contributed by atoms with Gasteiger partial charge in [0.2, 0.25) is 5.82 Å². The Bertz CT molecular complexity index is 813. The Morgan fingerprint density at radius 2 is 2.00 bits per heavy atom. The number of hydrogen-bond acceptors (Lipinski definition) is 5. The van der Waals surface area contributed by atoms with Gasteiger partial charge in [-0.05, 0) is 59.1 Å². The molecule has 0 aliphatic rings. The minimum absolute atomic E-state index is 0.437. The second-order valence-corrected chi connectivity index (χ2v) is 5.69. The summed E-state index contributed by atoms with van der Waals surface area (Å²) in [4.78, 5) is 8.78. The maximum absolute atomic E-state index is 5.77. The summed E-state index contributed by atoms with van der Waals surface area (Å²) in [6, 6.07) is 7.52. The first-order chi connectivity index (χ1) is 10.0. The van der Waals surface area contributed by atoms with Gasteiger partial charge in [0.05, 0.1) is 0 Å².